The maximum absolute atomic E-state index is 10.6. The topological polar surface area (TPSA) is 52.6 Å². The van der Waals surface area contributed by atoms with Crippen molar-refractivity contribution in [1.29, 1.82) is 0 Å². The second kappa shape index (κ2) is 9.65. The van der Waals surface area contributed by atoms with Crippen LogP contribution < -0.4 is 0 Å². The molecule has 1 rings (SSSR count). The van der Waals surface area contributed by atoms with E-state index in [1.165, 1.54) is 7.11 Å². The number of hydrogen-bond acceptors (Lipinski definition) is 4. The van der Waals surface area contributed by atoms with E-state index < -0.39 is 0 Å². The molecule has 0 aliphatic carbocycles. The van der Waals surface area contributed by atoms with Crippen LogP contribution in [0.2, 0.25) is 0 Å². The van der Waals surface area contributed by atoms with Crippen LogP contribution >= 0.6 is 0 Å². The number of methoxy groups -OCH3 is 1. The van der Waals surface area contributed by atoms with Gasteiger partial charge >= 0.3 is 11.9 Å². The van der Waals surface area contributed by atoms with Crippen LogP contribution in [0.1, 0.15) is 12.5 Å². The SMILES string of the molecule is C=C(C)C(=O)OC.C=CC(=O)OCc1ccccc1. The molecule has 0 aliphatic rings. The molecule has 0 aliphatic heterocycles. The summed E-state index contributed by atoms with van der Waals surface area (Å²) in [6.45, 7) is 8.56. The van der Waals surface area contributed by atoms with Gasteiger partial charge in [-0.15, -0.1) is 0 Å². The van der Waals surface area contributed by atoms with Gasteiger partial charge in [0, 0.05) is 11.6 Å². The Kier molecular flexibility index (Phi) is 8.45. The van der Waals surface area contributed by atoms with Crippen molar-refractivity contribution in [3.05, 3.63) is 60.7 Å². The van der Waals surface area contributed by atoms with E-state index in [1.807, 2.05) is 30.3 Å². The Morgan fingerprint density at radius 3 is 2.21 bits per heavy atom. The summed E-state index contributed by atoms with van der Waals surface area (Å²) in [7, 11) is 1.33. The summed E-state index contributed by atoms with van der Waals surface area (Å²) in [4.78, 5) is 20.8. The molecule has 4 nitrogen and oxygen atoms in total. The fourth-order valence-corrected chi connectivity index (χ4v) is 0.962. The minimum absolute atomic E-state index is 0.311. The number of ether oxygens (including phenoxy) is 2. The number of esters is 2. The third-order valence-electron chi connectivity index (χ3n) is 1.92. The van der Waals surface area contributed by atoms with Crippen LogP contribution in [0.4, 0.5) is 0 Å². The van der Waals surface area contributed by atoms with Crippen molar-refractivity contribution in [1.82, 2.24) is 0 Å². The fraction of sp³-hybridized carbons (Fsp3) is 0.200. The van der Waals surface area contributed by atoms with Crippen LogP contribution in [0.3, 0.4) is 0 Å². The first-order valence-corrected chi connectivity index (χ1v) is 5.58. The van der Waals surface area contributed by atoms with E-state index >= 15 is 0 Å². The van der Waals surface area contributed by atoms with Crippen LogP contribution in [-0.4, -0.2) is 19.0 Å². The third kappa shape index (κ3) is 8.37. The number of benzene rings is 1. The Balaban J connectivity index is 0.000000399. The van der Waals surface area contributed by atoms with Crippen molar-refractivity contribution in [2.45, 2.75) is 13.5 Å². The van der Waals surface area contributed by atoms with E-state index in [-0.39, 0.29) is 11.9 Å². The predicted molar refractivity (Wildman–Crippen MR) is 73.3 cm³/mol. The van der Waals surface area contributed by atoms with Gasteiger partial charge in [0.2, 0.25) is 0 Å². The van der Waals surface area contributed by atoms with E-state index in [1.54, 1.807) is 6.92 Å². The molecule has 0 radical (unpaired) electrons. The summed E-state index contributed by atoms with van der Waals surface area (Å²) in [5.74, 6) is -0.737. The lowest BCUT2D eigenvalue weighted by Gasteiger charge is -2.00. The van der Waals surface area contributed by atoms with Gasteiger partial charge in [-0.2, -0.15) is 0 Å². The first-order valence-electron chi connectivity index (χ1n) is 5.58. The zero-order valence-corrected chi connectivity index (χ0v) is 11.2. The van der Waals surface area contributed by atoms with Crippen molar-refractivity contribution in [2.75, 3.05) is 7.11 Å². The third-order valence-corrected chi connectivity index (χ3v) is 1.92. The summed E-state index contributed by atoms with van der Waals surface area (Å²) in [5.41, 5.74) is 1.41. The molecule has 0 heterocycles. The number of hydrogen-bond donors (Lipinski definition) is 0. The normalized spacial score (nSPS) is 8.53. The van der Waals surface area contributed by atoms with Gasteiger partial charge in [-0.1, -0.05) is 43.5 Å². The highest BCUT2D eigenvalue weighted by Gasteiger charge is 1.96. The maximum atomic E-state index is 10.6. The monoisotopic (exact) mass is 262 g/mol. The molecule has 1 aromatic carbocycles. The standard InChI is InChI=1S/C10H10O2.C5H8O2/c1-2-10(11)12-8-9-6-4-3-5-7-9;1-4(2)5(6)7-3/h2-7H,1,8H2;1H2,2-3H3. The molecule has 0 saturated heterocycles. The van der Waals surface area contributed by atoms with Gasteiger partial charge < -0.3 is 9.47 Å². The molecule has 0 atom stereocenters. The molecule has 0 aromatic heterocycles. The quantitative estimate of drug-likeness (QED) is 0.618. The molecule has 0 spiro atoms. The largest absolute Gasteiger partial charge is 0.466 e. The first kappa shape index (κ1) is 16.6. The summed E-state index contributed by atoms with van der Waals surface area (Å²) in [6.07, 6.45) is 1.16. The van der Waals surface area contributed by atoms with E-state index in [9.17, 15) is 9.59 Å². The fourth-order valence-electron chi connectivity index (χ4n) is 0.962. The smallest absolute Gasteiger partial charge is 0.332 e. The maximum Gasteiger partial charge on any atom is 0.332 e. The number of carbonyl (C=O) groups excluding carboxylic acids is 2. The van der Waals surface area contributed by atoms with Gasteiger partial charge in [0.25, 0.3) is 0 Å². The molecule has 0 N–H and O–H groups in total. The molecule has 0 amide bonds. The highest BCUT2D eigenvalue weighted by molar-refractivity contribution is 5.86. The van der Waals surface area contributed by atoms with Crippen LogP contribution in [0.15, 0.2) is 55.1 Å². The highest BCUT2D eigenvalue weighted by Crippen LogP contribution is 2.00. The van der Waals surface area contributed by atoms with E-state index in [4.69, 9.17) is 4.74 Å². The van der Waals surface area contributed by atoms with Crippen LogP contribution in [-0.2, 0) is 25.7 Å². The van der Waals surface area contributed by atoms with Crippen molar-refractivity contribution >= 4 is 11.9 Å². The van der Waals surface area contributed by atoms with Crippen LogP contribution in [0.25, 0.3) is 0 Å². The number of rotatable bonds is 4. The second-order valence-corrected chi connectivity index (χ2v) is 3.57. The summed E-state index contributed by atoms with van der Waals surface area (Å²) in [5, 5.41) is 0. The summed E-state index contributed by atoms with van der Waals surface area (Å²) >= 11 is 0. The van der Waals surface area contributed by atoms with Crippen LogP contribution in [0, 0.1) is 0 Å². The zero-order chi connectivity index (χ0) is 14.7. The lowest BCUT2D eigenvalue weighted by atomic mass is 10.2. The Morgan fingerprint density at radius 2 is 1.84 bits per heavy atom. The highest BCUT2D eigenvalue weighted by atomic mass is 16.5. The molecule has 0 saturated carbocycles. The van der Waals surface area contributed by atoms with E-state index in [2.05, 4.69) is 17.9 Å². The lowest BCUT2D eigenvalue weighted by molar-refractivity contribution is -0.139. The second-order valence-electron chi connectivity index (χ2n) is 3.57. The van der Waals surface area contributed by atoms with Gasteiger partial charge in [0.05, 0.1) is 7.11 Å². The predicted octanol–water partition coefficient (Wildman–Crippen LogP) is 2.65. The average Bonchev–Trinajstić information content (AvgIpc) is 2.45. The molecule has 102 valence electrons. The van der Waals surface area contributed by atoms with Crippen molar-refractivity contribution in [3.8, 4) is 0 Å². The Bertz CT molecular complexity index is 435. The summed E-state index contributed by atoms with van der Waals surface area (Å²) < 4.78 is 9.09. The summed E-state index contributed by atoms with van der Waals surface area (Å²) in [6, 6.07) is 9.51. The number of carbonyl (C=O) groups is 2. The molecule has 1 aromatic rings. The minimum atomic E-state index is -0.390. The zero-order valence-electron chi connectivity index (χ0n) is 11.2. The van der Waals surface area contributed by atoms with Gasteiger partial charge in [0.1, 0.15) is 6.61 Å². The minimum Gasteiger partial charge on any atom is -0.466 e. The van der Waals surface area contributed by atoms with Gasteiger partial charge in [-0.05, 0) is 12.5 Å². The lowest BCUT2D eigenvalue weighted by Crippen LogP contribution is -1.99. The molecule has 19 heavy (non-hydrogen) atoms. The van der Waals surface area contributed by atoms with Crippen molar-refractivity contribution < 1.29 is 19.1 Å². The van der Waals surface area contributed by atoms with Crippen LogP contribution in [0.5, 0.6) is 0 Å². The van der Waals surface area contributed by atoms with Crippen molar-refractivity contribution in [3.63, 3.8) is 0 Å². The Labute approximate surface area is 113 Å². The van der Waals surface area contributed by atoms with Gasteiger partial charge in [0.15, 0.2) is 0 Å². The first-order chi connectivity index (χ1) is 9.01. The molecule has 0 bridgehead atoms. The Hall–Kier alpha value is -2.36. The molecular weight excluding hydrogens is 244 g/mol. The molecule has 4 heteroatoms. The van der Waals surface area contributed by atoms with E-state index in [0.29, 0.717) is 12.2 Å². The van der Waals surface area contributed by atoms with Gasteiger partial charge in [-0.25, -0.2) is 9.59 Å². The average molecular weight is 262 g/mol. The molecule has 0 unspecified atom stereocenters. The van der Waals surface area contributed by atoms with E-state index in [0.717, 1.165) is 11.6 Å². The van der Waals surface area contributed by atoms with Crippen molar-refractivity contribution in [2.24, 2.45) is 0 Å². The Morgan fingerprint density at radius 1 is 1.26 bits per heavy atom. The van der Waals surface area contributed by atoms with Gasteiger partial charge in [-0.3, -0.25) is 0 Å². The molecular formula is C15H18O4. The molecule has 0 fully saturated rings.